The summed E-state index contributed by atoms with van der Waals surface area (Å²) in [4.78, 5) is 3.32. The average Bonchev–Trinajstić information content (AvgIpc) is 2.08. The molecule has 1 heterocycles. The maximum Gasteiger partial charge on any atom is 0.406 e. The van der Waals surface area contributed by atoms with Gasteiger partial charge in [-0.3, -0.25) is 4.99 Å². The van der Waals surface area contributed by atoms with E-state index in [1.165, 1.54) is 0 Å². The highest BCUT2D eigenvalue weighted by atomic mass is 32.2. The van der Waals surface area contributed by atoms with E-state index in [-0.39, 0.29) is 5.88 Å². The lowest BCUT2D eigenvalue weighted by molar-refractivity contribution is -0.115. The van der Waals surface area contributed by atoms with Crippen LogP contribution in [0.3, 0.4) is 0 Å². The Bertz CT molecular complexity index is 130. The Morgan fingerprint density at radius 3 is 2.44 bits per heavy atom. The number of halogens is 3. The van der Waals surface area contributed by atoms with Crippen molar-refractivity contribution in [2.75, 3.05) is 5.88 Å². The van der Waals surface area contributed by atoms with Crippen LogP contribution in [0.1, 0.15) is 0 Å². The van der Waals surface area contributed by atoms with Crippen molar-refractivity contribution in [1.29, 1.82) is 0 Å². The monoisotopic (exact) mass is 154 g/mol. The normalized spacial score (nSPS) is 27.2. The van der Waals surface area contributed by atoms with Crippen LogP contribution < -0.4 is 0 Å². The van der Waals surface area contributed by atoms with Gasteiger partial charge in [0.05, 0.1) is 12.1 Å². The molecule has 0 fully saturated rings. The van der Waals surface area contributed by atoms with Gasteiger partial charge in [-0.25, -0.2) is 0 Å². The van der Waals surface area contributed by atoms with E-state index >= 15 is 0 Å². The molecule has 0 aromatic rings. The molecule has 1 aliphatic rings. The highest BCUT2D eigenvalue weighted by Gasteiger charge is 2.40. The molecule has 0 aromatic heterocycles. The molecule has 1 rings (SSSR count). The second-order valence-corrected chi connectivity index (χ2v) is 2.57. The molecule has 0 aromatic carbocycles. The molecule has 51 valence electrons. The Hall–Kier alpha value is -0.190. The number of aliphatic imine (C=N–C) groups is 1. The molecule has 0 aliphatic carbocycles. The third-order valence-corrected chi connectivity index (χ3v) is 1.80. The van der Waals surface area contributed by atoms with Gasteiger partial charge in [-0.2, -0.15) is 13.2 Å². The first-order chi connectivity index (χ1) is 4.11. The molecule has 0 spiro atoms. The fraction of sp³-hybridized carbons (Fsp3) is 0.750. The quantitative estimate of drug-likeness (QED) is 0.516. The Morgan fingerprint density at radius 1 is 1.56 bits per heavy atom. The van der Waals surface area contributed by atoms with E-state index in [0.717, 1.165) is 11.8 Å². The van der Waals surface area contributed by atoms with Crippen molar-refractivity contribution >= 4 is 18.0 Å². The van der Waals surface area contributed by atoms with E-state index in [1.54, 1.807) is 0 Å². The standard InChI is InChI=1S/C4H3F3NS/c5-4(6,7)3-1-8-2-9-3/h3H,2H2. The minimum absolute atomic E-state index is 0.185. The molecule has 1 radical (unpaired) electrons. The van der Waals surface area contributed by atoms with Gasteiger partial charge < -0.3 is 0 Å². The number of hydrogen-bond acceptors (Lipinski definition) is 2. The Balaban J connectivity index is 2.53. The fourth-order valence-corrected chi connectivity index (χ4v) is 1.07. The van der Waals surface area contributed by atoms with Crippen molar-refractivity contribution < 1.29 is 13.2 Å². The van der Waals surface area contributed by atoms with Crippen LogP contribution in [0.4, 0.5) is 13.2 Å². The average molecular weight is 154 g/mol. The second-order valence-electron chi connectivity index (χ2n) is 1.50. The smallest absolute Gasteiger partial charge is 0.275 e. The SMILES string of the molecule is FC(F)(F)C1[C]=NCS1. The predicted octanol–water partition coefficient (Wildman–Crippen LogP) is 1.57. The summed E-state index contributed by atoms with van der Waals surface area (Å²) in [6, 6.07) is 0. The topological polar surface area (TPSA) is 12.4 Å². The van der Waals surface area contributed by atoms with Gasteiger partial charge in [0, 0.05) is 0 Å². The Kier molecular flexibility index (Phi) is 1.70. The first kappa shape index (κ1) is 6.92. The summed E-state index contributed by atoms with van der Waals surface area (Å²) in [6.45, 7) is 0. The summed E-state index contributed by atoms with van der Waals surface area (Å²) in [5.41, 5.74) is 0. The van der Waals surface area contributed by atoms with Gasteiger partial charge in [0.2, 0.25) is 0 Å². The largest absolute Gasteiger partial charge is 0.406 e. The van der Waals surface area contributed by atoms with Gasteiger partial charge in [-0.15, -0.1) is 11.8 Å². The molecular weight excluding hydrogens is 151 g/mol. The number of thioether (sulfide) groups is 1. The molecular formula is C4H3F3NS. The summed E-state index contributed by atoms with van der Waals surface area (Å²) in [6.07, 6.45) is -2.20. The van der Waals surface area contributed by atoms with Gasteiger partial charge in [0.1, 0.15) is 5.25 Å². The van der Waals surface area contributed by atoms with E-state index < -0.39 is 11.4 Å². The molecule has 1 atom stereocenters. The highest BCUT2D eigenvalue weighted by molar-refractivity contribution is 8.00. The van der Waals surface area contributed by atoms with Crippen molar-refractivity contribution in [2.24, 2.45) is 4.99 Å². The number of hydrogen-bond donors (Lipinski definition) is 0. The molecule has 0 N–H and O–H groups in total. The predicted molar refractivity (Wildman–Crippen MR) is 29.7 cm³/mol. The molecule has 5 heteroatoms. The molecule has 9 heavy (non-hydrogen) atoms. The Morgan fingerprint density at radius 2 is 2.22 bits per heavy atom. The van der Waals surface area contributed by atoms with Crippen molar-refractivity contribution in [3.8, 4) is 0 Å². The summed E-state index contributed by atoms with van der Waals surface area (Å²) >= 11 is 0.747. The molecule has 1 nitrogen and oxygen atoms in total. The zero-order chi connectivity index (χ0) is 6.91. The van der Waals surface area contributed by atoms with E-state index in [0.29, 0.717) is 0 Å². The van der Waals surface area contributed by atoms with E-state index in [4.69, 9.17) is 0 Å². The van der Waals surface area contributed by atoms with Crippen LogP contribution in [-0.2, 0) is 0 Å². The van der Waals surface area contributed by atoms with E-state index in [1.807, 2.05) is 6.21 Å². The van der Waals surface area contributed by atoms with Crippen molar-refractivity contribution in [2.45, 2.75) is 11.4 Å². The third kappa shape index (κ3) is 1.61. The van der Waals surface area contributed by atoms with Crippen LogP contribution in [0.25, 0.3) is 0 Å². The van der Waals surface area contributed by atoms with E-state index in [2.05, 4.69) is 4.99 Å². The van der Waals surface area contributed by atoms with Gasteiger partial charge in [-0.05, 0) is 0 Å². The third-order valence-electron chi connectivity index (χ3n) is 0.812. The number of nitrogens with zero attached hydrogens (tertiary/aromatic N) is 1. The lowest BCUT2D eigenvalue weighted by Crippen LogP contribution is -2.24. The zero-order valence-corrected chi connectivity index (χ0v) is 5.09. The molecule has 0 amide bonds. The maximum atomic E-state index is 11.6. The zero-order valence-electron chi connectivity index (χ0n) is 4.27. The van der Waals surface area contributed by atoms with Crippen molar-refractivity contribution in [3.63, 3.8) is 0 Å². The van der Waals surface area contributed by atoms with Crippen molar-refractivity contribution in [3.05, 3.63) is 0 Å². The maximum absolute atomic E-state index is 11.6. The molecule has 0 saturated heterocycles. The molecule has 0 bridgehead atoms. The first-order valence-electron chi connectivity index (χ1n) is 2.21. The van der Waals surface area contributed by atoms with Crippen LogP contribution in [0.5, 0.6) is 0 Å². The Labute approximate surface area is 54.3 Å². The van der Waals surface area contributed by atoms with Gasteiger partial charge in [0.25, 0.3) is 0 Å². The van der Waals surface area contributed by atoms with Gasteiger partial charge >= 0.3 is 6.18 Å². The summed E-state index contributed by atoms with van der Waals surface area (Å²) < 4.78 is 34.9. The van der Waals surface area contributed by atoms with Gasteiger partial charge in [-0.1, -0.05) is 0 Å². The van der Waals surface area contributed by atoms with E-state index in [9.17, 15) is 13.2 Å². The van der Waals surface area contributed by atoms with Crippen LogP contribution in [-0.4, -0.2) is 23.5 Å². The van der Waals surface area contributed by atoms with Gasteiger partial charge in [0.15, 0.2) is 0 Å². The summed E-state index contributed by atoms with van der Waals surface area (Å²) in [5.74, 6) is 0.185. The van der Waals surface area contributed by atoms with Crippen LogP contribution in [0, 0.1) is 0 Å². The first-order valence-corrected chi connectivity index (χ1v) is 3.26. The second kappa shape index (κ2) is 2.21. The van der Waals surface area contributed by atoms with Crippen LogP contribution in [0.2, 0.25) is 0 Å². The summed E-state index contributed by atoms with van der Waals surface area (Å²) in [5, 5.41) is -1.49. The highest BCUT2D eigenvalue weighted by Crippen LogP contribution is 2.31. The fourth-order valence-electron chi connectivity index (χ4n) is 0.437. The summed E-state index contributed by atoms with van der Waals surface area (Å²) in [7, 11) is 0. The van der Waals surface area contributed by atoms with Crippen LogP contribution in [0.15, 0.2) is 4.99 Å². The number of rotatable bonds is 0. The molecule has 0 saturated carbocycles. The minimum atomic E-state index is -4.16. The van der Waals surface area contributed by atoms with Crippen LogP contribution >= 0.6 is 11.8 Å². The lowest BCUT2D eigenvalue weighted by Gasteiger charge is -2.08. The van der Waals surface area contributed by atoms with Crippen molar-refractivity contribution in [1.82, 2.24) is 0 Å². The number of alkyl halides is 3. The molecule has 1 aliphatic heterocycles. The minimum Gasteiger partial charge on any atom is -0.275 e. The molecule has 1 unspecified atom stereocenters. The lowest BCUT2D eigenvalue weighted by atomic mass is 10.4.